The summed E-state index contributed by atoms with van der Waals surface area (Å²) < 4.78 is 0.909. The molecule has 4 nitrogen and oxygen atoms in total. The zero-order chi connectivity index (χ0) is 9.97. The summed E-state index contributed by atoms with van der Waals surface area (Å²) in [6.45, 7) is 0.685. The second-order valence-electron chi connectivity index (χ2n) is 2.91. The van der Waals surface area contributed by atoms with E-state index in [1.165, 1.54) is 0 Å². The highest BCUT2D eigenvalue weighted by atomic mass is 79.9. The van der Waals surface area contributed by atoms with Gasteiger partial charge in [-0.15, -0.1) is 0 Å². The van der Waals surface area contributed by atoms with E-state index in [0.29, 0.717) is 6.54 Å². The van der Waals surface area contributed by atoms with Gasteiger partial charge in [-0.05, 0) is 33.6 Å². The lowest BCUT2D eigenvalue weighted by molar-refractivity contribution is 0.0867. The van der Waals surface area contributed by atoms with Gasteiger partial charge in [0, 0.05) is 11.9 Å². The Balaban J connectivity index is 2.34. The fraction of sp³-hybridized carbons (Fsp3) is 0.222. The number of fused-ring (bicyclic) bond motifs is 1. The summed E-state index contributed by atoms with van der Waals surface area (Å²) in [4.78, 5) is 4.78. The number of aromatic nitrogens is 2. The van der Waals surface area contributed by atoms with Gasteiger partial charge in [0.25, 0.3) is 0 Å². The zero-order valence-electron chi connectivity index (χ0n) is 7.67. The monoisotopic (exact) mass is 255 g/mol. The van der Waals surface area contributed by atoms with Gasteiger partial charge in [0.1, 0.15) is 4.60 Å². The maximum Gasteiger partial charge on any atom is 0.108 e. The summed E-state index contributed by atoms with van der Waals surface area (Å²) in [5.41, 5.74) is 4.91. The van der Waals surface area contributed by atoms with Crippen molar-refractivity contribution < 1.29 is 4.84 Å². The summed E-state index contributed by atoms with van der Waals surface area (Å²) in [5, 5.41) is 8.07. The highest BCUT2D eigenvalue weighted by Gasteiger charge is 2.02. The third kappa shape index (κ3) is 1.79. The Kier molecular flexibility index (Phi) is 2.81. The first-order chi connectivity index (χ1) is 6.81. The highest BCUT2D eigenvalue weighted by molar-refractivity contribution is 9.10. The number of nitrogens with zero attached hydrogens (tertiary/aromatic N) is 1. The molecular formula is C9H10BrN3O. The number of benzene rings is 1. The van der Waals surface area contributed by atoms with Gasteiger partial charge in [-0.2, -0.15) is 10.6 Å². The van der Waals surface area contributed by atoms with E-state index in [1.807, 2.05) is 12.1 Å². The van der Waals surface area contributed by atoms with Crippen molar-refractivity contribution in [3.8, 4) is 0 Å². The van der Waals surface area contributed by atoms with Gasteiger partial charge in [0.15, 0.2) is 0 Å². The molecule has 0 aliphatic heterocycles. The van der Waals surface area contributed by atoms with Crippen LogP contribution in [0.2, 0.25) is 0 Å². The lowest BCUT2D eigenvalue weighted by Crippen LogP contribution is -2.10. The van der Waals surface area contributed by atoms with Gasteiger partial charge in [-0.3, -0.25) is 5.10 Å². The number of nitrogens with one attached hydrogen (secondary N) is 2. The second-order valence-corrected chi connectivity index (χ2v) is 3.71. The summed E-state index contributed by atoms with van der Waals surface area (Å²) in [5.74, 6) is 0. The van der Waals surface area contributed by atoms with E-state index in [9.17, 15) is 0 Å². The van der Waals surface area contributed by atoms with Crippen molar-refractivity contribution in [1.82, 2.24) is 15.7 Å². The Morgan fingerprint density at radius 1 is 1.57 bits per heavy atom. The van der Waals surface area contributed by atoms with Gasteiger partial charge in [-0.25, -0.2) is 0 Å². The molecule has 14 heavy (non-hydrogen) atoms. The largest absolute Gasteiger partial charge is 0.305 e. The molecule has 0 aliphatic carbocycles. The van der Waals surface area contributed by atoms with Crippen LogP contribution in [0, 0.1) is 0 Å². The quantitative estimate of drug-likeness (QED) is 0.825. The van der Waals surface area contributed by atoms with Crippen LogP contribution >= 0.6 is 15.9 Å². The third-order valence-electron chi connectivity index (χ3n) is 1.99. The highest BCUT2D eigenvalue weighted by Crippen LogP contribution is 2.21. The van der Waals surface area contributed by atoms with E-state index < -0.39 is 0 Å². The first kappa shape index (κ1) is 9.64. The molecule has 1 heterocycles. The average molecular weight is 256 g/mol. The predicted molar refractivity (Wildman–Crippen MR) is 57.6 cm³/mol. The molecule has 0 spiro atoms. The lowest BCUT2D eigenvalue weighted by atomic mass is 10.2. The Bertz CT molecular complexity index is 441. The van der Waals surface area contributed by atoms with Crippen LogP contribution in [0.4, 0.5) is 0 Å². The van der Waals surface area contributed by atoms with Crippen molar-refractivity contribution in [2.24, 2.45) is 0 Å². The van der Waals surface area contributed by atoms with Crippen LogP contribution in [-0.2, 0) is 11.4 Å². The van der Waals surface area contributed by atoms with Crippen LogP contribution < -0.4 is 5.48 Å². The number of hydrogen-bond acceptors (Lipinski definition) is 3. The van der Waals surface area contributed by atoms with Crippen molar-refractivity contribution in [3.63, 3.8) is 0 Å². The van der Waals surface area contributed by atoms with Crippen molar-refractivity contribution in [2.75, 3.05) is 7.11 Å². The number of halogens is 1. The lowest BCUT2D eigenvalue weighted by Gasteiger charge is -2.01. The molecule has 2 N–H and O–H groups in total. The van der Waals surface area contributed by atoms with Crippen LogP contribution in [0.3, 0.4) is 0 Å². The van der Waals surface area contributed by atoms with Crippen LogP contribution in [-0.4, -0.2) is 17.3 Å². The van der Waals surface area contributed by atoms with Gasteiger partial charge in [0.05, 0.1) is 12.6 Å². The average Bonchev–Trinajstić information content (AvgIpc) is 2.57. The van der Waals surface area contributed by atoms with Gasteiger partial charge in [0.2, 0.25) is 0 Å². The van der Waals surface area contributed by atoms with Crippen LogP contribution in [0.15, 0.2) is 22.8 Å². The summed E-state index contributed by atoms with van der Waals surface area (Å²) >= 11 is 3.40. The minimum atomic E-state index is 0.685. The van der Waals surface area contributed by atoms with Crippen molar-refractivity contribution in [3.05, 3.63) is 28.4 Å². The number of hydrogen-bond donors (Lipinski definition) is 2. The molecule has 0 saturated heterocycles. The Morgan fingerprint density at radius 3 is 3.21 bits per heavy atom. The molecule has 2 rings (SSSR count). The molecule has 0 amide bonds. The van der Waals surface area contributed by atoms with Crippen LogP contribution in [0.25, 0.3) is 10.9 Å². The van der Waals surface area contributed by atoms with Crippen molar-refractivity contribution >= 4 is 26.8 Å². The predicted octanol–water partition coefficient (Wildman–Crippen LogP) is 1.98. The molecule has 0 atom stereocenters. The Hall–Kier alpha value is -0.910. The number of hydroxylamine groups is 1. The molecule has 1 aromatic carbocycles. The molecule has 0 saturated carbocycles. The van der Waals surface area contributed by atoms with Crippen molar-refractivity contribution in [1.29, 1.82) is 0 Å². The first-order valence-electron chi connectivity index (χ1n) is 4.19. The third-order valence-corrected chi connectivity index (χ3v) is 2.60. The molecule has 0 aliphatic rings. The van der Waals surface area contributed by atoms with Gasteiger partial charge < -0.3 is 4.84 Å². The van der Waals surface area contributed by atoms with E-state index in [-0.39, 0.29) is 0 Å². The van der Waals surface area contributed by atoms with Gasteiger partial charge in [-0.1, -0.05) is 6.07 Å². The number of H-pyrrole nitrogens is 1. The maximum absolute atomic E-state index is 4.78. The molecular weight excluding hydrogens is 246 g/mol. The number of rotatable bonds is 3. The molecule has 0 radical (unpaired) electrons. The molecule has 0 fully saturated rings. The molecule has 1 aromatic heterocycles. The second kappa shape index (κ2) is 4.08. The van der Waals surface area contributed by atoms with E-state index in [0.717, 1.165) is 21.1 Å². The van der Waals surface area contributed by atoms with E-state index in [4.69, 9.17) is 4.84 Å². The van der Waals surface area contributed by atoms with E-state index in [1.54, 1.807) is 7.11 Å². The Morgan fingerprint density at radius 2 is 2.43 bits per heavy atom. The first-order valence-corrected chi connectivity index (χ1v) is 4.99. The topological polar surface area (TPSA) is 49.9 Å². The zero-order valence-corrected chi connectivity index (χ0v) is 9.26. The SMILES string of the molecule is CONCc1ccc2n[nH]c(Br)c2c1. The fourth-order valence-electron chi connectivity index (χ4n) is 1.29. The Labute approximate surface area is 89.7 Å². The molecule has 2 aromatic rings. The summed E-state index contributed by atoms with van der Waals surface area (Å²) in [6, 6.07) is 6.06. The van der Waals surface area contributed by atoms with Crippen LogP contribution in [0.5, 0.6) is 0 Å². The smallest absolute Gasteiger partial charge is 0.108 e. The summed E-state index contributed by atoms with van der Waals surface area (Å²) in [6.07, 6.45) is 0. The standard InChI is InChI=1S/C9H10BrN3O/c1-14-11-5-6-2-3-8-7(4-6)9(10)13-12-8/h2-4,11H,5H2,1H3,(H,12,13). The van der Waals surface area contributed by atoms with E-state index in [2.05, 4.69) is 37.7 Å². The molecule has 0 unspecified atom stereocenters. The molecule has 0 bridgehead atoms. The molecule has 74 valence electrons. The van der Waals surface area contributed by atoms with Crippen molar-refractivity contribution in [2.45, 2.75) is 6.54 Å². The summed E-state index contributed by atoms with van der Waals surface area (Å²) in [7, 11) is 1.60. The fourth-order valence-corrected chi connectivity index (χ4v) is 1.70. The van der Waals surface area contributed by atoms with Crippen LogP contribution in [0.1, 0.15) is 5.56 Å². The number of aromatic amines is 1. The maximum atomic E-state index is 4.78. The minimum Gasteiger partial charge on any atom is -0.305 e. The van der Waals surface area contributed by atoms with Gasteiger partial charge >= 0.3 is 0 Å². The normalized spacial score (nSPS) is 11.0. The molecule has 5 heteroatoms. The van der Waals surface area contributed by atoms with E-state index >= 15 is 0 Å². The minimum absolute atomic E-state index is 0.685.